The van der Waals surface area contributed by atoms with E-state index in [1.165, 1.54) is 32.2 Å². The number of benzene rings is 1. The molecular weight excluding hydrogens is 260 g/mol. The van der Waals surface area contributed by atoms with Crippen LogP contribution in [0.25, 0.3) is 0 Å². The largest absolute Gasteiger partial charge is 0.350 e. The van der Waals surface area contributed by atoms with Crippen molar-refractivity contribution in [2.45, 2.75) is 52.5 Å². The molecule has 1 N–H and O–H groups in total. The highest BCUT2D eigenvalue weighted by molar-refractivity contribution is 5.97. The van der Waals surface area contributed by atoms with Gasteiger partial charge in [-0.25, -0.2) is 0 Å². The Morgan fingerprint density at radius 3 is 2.67 bits per heavy atom. The van der Waals surface area contributed by atoms with Crippen LogP contribution in [0, 0.1) is 13.8 Å². The molecule has 1 fully saturated rings. The van der Waals surface area contributed by atoms with Gasteiger partial charge in [-0.15, -0.1) is 0 Å². The number of nitrogens with one attached hydrogen (secondary N) is 1. The van der Waals surface area contributed by atoms with Gasteiger partial charge in [0.2, 0.25) is 0 Å². The topological polar surface area (TPSA) is 32.3 Å². The number of hydrogen-bond acceptors (Lipinski definition) is 2. The summed E-state index contributed by atoms with van der Waals surface area (Å²) in [5.41, 5.74) is 2.96. The second-order valence-electron chi connectivity index (χ2n) is 6.16. The van der Waals surface area contributed by atoms with Gasteiger partial charge < -0.3 is 5.32 Å². The molecule has 1 unspecified atom stereocenters. The zero-order valence-electron chi connectivity index (χ0n) is 13.6. The molecular formula is C18H28N2O. The standard InChI is InChI=1S/C18H28N2O/c1-4-11-20-12-6-5-10-16(20)13-19-18(21)17-14(2)8-7-9-15(17)3/h7-9,16H,4-6,10-13H2,1-3H3,(H,19,21). The van der Waals surface area contributed by atoms with E-state index in [-0.39, 0.29) is 5.91 Å². The summed E-state index contributed by atoms with van der Waals surface area (Å²) < 4.78 is 0. The molecule has 0 aromatic heterocycles. The molecule has 2 rings (SSSR count). The molecule has 1 aliphatic rings. The van der Waals surface area contributed by atoms with Crippen molar-refractivity contribution < 1.29 is 4.79 Å². The van der Waals surface area contributed by atoms with Gasteiger partial charge in [0.1, 0.15) is 0 Å². The van der Waals surface area contributed by atoms with Gasteiger partial charge in [0.05, 0.1) is 0 Å². The lowest BCUT2D eigenvalue weighted by Gasteiger charge is -2.35. The summed E-state index contributed by atoms with van der Waals surface area (Å²) in [4.78, 5) is 15.0. The Morgan fingerprint density at radius 2 is 2.00 bits per heavy atom. The van der Waals surface area contributed by atoms with Crippen LogP contribution in [0.2, 0.25) is 0 Å². The minimum absolute atomic E-state index is 0.0765. The number of aryl methyl sites for hydroxylation is 2. The summed E-state index contributed by atoms with van der Waals surface area (Å²) >= 11 is 0. The third kappa shape index (κ3) is 4.07. The number of carbonyl (C=O) groups excluding carboxylic acids is 1. The quantitative estimate of drug-likeness (QED) is 0.901. The summed E-state index contributed by atoms with van der Waals surface area (Å²) in [6, 6.07) is 6.52. The molecule has 0 saturated carbocycles. The first-order valence-corrected chi connectivity index (χ1v) is 8.22. The number of hydrogen-bond donors (Lipinski definition) is 1. The Hall–Kier alpha value is -1.35. The lowest BCUT2D eigenvalue weighted by Crippen LogP contribution is -2.47. The van der Waals surface area contributed by atoms with Crippen LogP contribution in [0.5, 0.6) is 0 Å². The highest BCUT2D eigenvalue weighted by atomic mass is 16.1. The van der Waals surface area contributed by atoms with E-state index in [1.807, 2.05) is 32.0 Å². The van der Waals surface area contributed by atoms with Crippen LogP contribution in [-0.2, 0) is 0 Å². The molecule has 1 saturated heterocycles. The Kier molecular flexibility index (Phi) is 5.80. The molecule has 116 valence electrons. The maximum atomic E-state index is 12.5. The highest BCUT2D eigenvalue weighted by Gasteiger charge is 2.22. The predicted molar refractivity (Wildman–Crippen MR) is 87.8 cm³/mol. The van der Waals surface area contributed by atoms with Gasteiger partial charge in [0.25, 0.3) is 5.91 Å². The van der Waals surface area contributed by atoms with Gasteiger partial charge in [-0.1, -0.05) is 31.5 Å². The van der Waals surface area contributed by atoms with E-state index in [4.69, 9.17) is 0 Å². The summed E-state index contributed by atoms with van der Waals surface area (Å²) in [6.45, 7) is 9.33. The van der Waals surface area contributed by atoms with Crippen LogP contribution < -0.4 is 5.32 Å². The Bertz CT molecular complexity index is 462. The van der Waals surface area contributed by atoms with Gasteiger partial charge >= 0.3 is 0 Å². The van der Waals surface area contributed by atoms with E-state index >= 15 is 0 Å². The third-order valence-electron chi connectivity index (χ3n) is 4.47. The van der Waals surface area contributed by atoms with Crippen LogP contribution >= 0.6 is 0 Å². The molecule has 0 spiro atoms. The van der Waals surface area contributed by atoms with Crippen molar-refractivity contribution in [3.63, 3.8) is 0 Å². The molecule has 0 radical (unpaired) electrons. The van der Waals surface area contributed by atoms with E-state index in [0.717, 1.165) is 29.8 Å². The van der Waals surface area contributed by atoms with E-state index in [9.17, 15) is 4.79 Å². The number of nitrogens with zero attached hydrogens (tertiary/aromatic N) is 1. The van der Waals surface area contributed by atoms with Crippen LogP contribution in [0.3, 0.4) is 0 Å². The number of carbonyl (C=O) groups is 1. The minimum Gasteiger partial charge on any atom is -0.350 e. The molecule has 1 aromatic rings. The molecule has 0 aliphatic carbocycles. The average Bonchev–Trinajstić information content (AvgIpc) is 2.46. The Balaban J connectivity index is 1.96. The summed E-state index contributed by atoms with van der Waals surface area (Å²) in [7, 11) is 0. The molecule has 1 aromatic carbocycles. The number of piperidine rings is 1. The predicted octanol–water partition coefficient (Wildman–Crippen LogP) is 3.30. The van der Waals surface area contributed by atoms with Gasteiger partial charge in [-0.05, 0) is 57.3 Å². The number of rotatable bonds is 5. The monoisotopic (exact) mass is 288 g/mol. The van der Waals surface area contributed by atoms with Crippen molar-refractivity contribution in [1.29, 1.82) is 0 Å². The molecule has 1 aliphatic heterocycles. The van der Waals surface area contributed by atoms with Gasteiger partial charge in [0.15, 0.2) is 0 Å². The van der Waals surface area contributed by atoms with Crippen LogP contribution in [0.4, 0.5) is 0 Å². The average molecular weight is 288 g/mol. The molecule has 1 atom stereocenters. The zero-order chi connectivity index (χ0) is 15.2. The maximum absolute atomic E-state index is 12.5. The molecule has 21 heavy (non-hydrogen) atoms. The lowest BCUT2D eigenvalue weighted by molar-refractivity contribution is 0.0913. The molecule has 1 heterocycles. The number of amides is 1. The van der Waals surface area contributed by atoms with Crippen molar-refractivity contribution in [2.75, 3.05) is 19.6 Å². The van der Waals surface area contributed by atoms with Crippen molar-refractivity contribution in [3.05, 3.63) is 34.9 Å². The van der Waals surface area contributed by atoms with E-state index in [1.54, 1.807) is 0 Å². The van der Waals surface area contributed by atoms with E-state index in [2.05, 4.69) is 17.1 Å². The molecule has 1 amide bonds. The van der Waals surface area contributed by atoms with Crippen molar-refractivity contribution >= 4 is 5.91 Å². The molecule has 0 bridgehead atoms. The smallest absolute Gasteiger partial charge is 0.251 e. The van der Waals surface area contributed by atoms with Crippen LogP contribution in [0.15, 0.2) is 18.2 Å². The fourth-order valence-corrected chi connectivity index (χ4v) is 3.34. The highest BCUT2D eigenvalue weighted by Crippen LogP contribution is 2.17. The van der Waals surface area contributed by atoms with Gasteiger partial charge in [-0.2, -0.15) is 0 Å². The first-order valence-electron chi connectivity index (χ1n) is 8.22. The fraction of sp³-hybridized carbons (Fsp3) is 0.611. The summed E-state index contributed by atoms with van der Waals surface area (Å²) in [6.07, 6.45) is 4.96. The second kappa shape index (κ2) is 7.60. The second-order valence-corrected chi connectivity index (χ2v) is 6.16. The zero-order valence-corrected chi connectivity index (χ0v) is 13.6. The van der Waals surface area contributed by atoms with Crippen molar-refractivity contribution in [3.8, 4) is 0 Å². The summed E-state index contributed by atoms with van der Waals surface area (Å²) in [5, 5.41) is 3.16. The molecule has 3 heteroatoms. The maximum Gasteiger partial charge on any atom is 0.251 e. The first kappa shape index (κ1) is 16.0. The minimum atomic E-state index is 0.0765. The van der Waals surface area contributed by atoms with E-state index in [0.29, 0.717) is 6.04 Å². The normalized spacial score (nSPS) is 19.5. The SMILES string of the molecule is CCCN1CCCCC1CNC(=O)c1c(C)cccc1C. The van der Waals surface area contributed by atoms with Crippen LogP contribution in [0.1, 0.15) is 54.1 Å². The lowest BCUT2D eigenvalue weighted by atomic mass is 10.0. The third-order valence-corrected chi connectivity index (χ3v) is 4.47. The Labute approximate surface area is 128 Å². The first-order chi connectivity index (χ1) is 10.1. The number of likely N-dealkylation sites (tertiary alicyclic amines) is 1. The van der Waals surface area contributed by atoms with Crippen molar-refractivity contribution in [1.82, 2.24) is 10.2 Å². The fourth-order valence-electron chi connectivity index (χ4n) is 3.34. The van der Waals surface area contributed by atoms with Crippen molar-refractivity contribution in [2.24, 2.45) is 0 Å². The Morgan fingerprint density at radius 1 is 1.29 bits per heavy atom. The van der Waals surface area contributed by atoms with Crippen LogP contribution in [-0.4, -0.2) is 36.5 Å². The van der Waals surface area contributed by atoms with Gasteiger partial charge in [0, 0.05) is 18.2 Å². The van der Waals surface area contributed by atoms with E-state index < -0.39 is 0 Å². The van der Waals surface area contributed by atoms with Gasteiger partial charge in [-0.3, -0.25) is 9.69 Å². The molecule has 3 nitrogen and oxygen atoms in total. The summed E-state index contributed by atoms with van der Waals surface area (Å²) in [5.74, 6) is 0.0765.